The Hall–Kier alpha value is -7.87. The van der Waals surface area contributed by atoms with Crippen molar-refractivity contribution in [3.8, 4) is 11.5 Å². The third-order valence-corrected chi connectivity index (χ3v) is 15.4. The molecule has 6 N–H and O–H groups in total. The van der Waals surface area contributed by atoms with Crippen LogP contribution in [0.2, 0.25) is 10.3 Å². The molecule has 0 unspecified atom stereocenters. The van der Waals surface area contributed by atoms with Crippen LogP contribution in [0.15, 0.2) is 36.9 Å². The predicted octanol–water partition coefficient (Wildman–Crippen LogP) is 8.67. The molecular formula is C55H57Cl2F5N14O6. The maximum atomic E-state index is 13.7. The van der Waals surface area contributed by atoms with Gasteiger partial charge in [0.25, 0.3) is 17.7 Å². The Balaban J connectivity index is 0.000000198. The van der Waals surface area contributed by atoms with E-state index in [9.17, 15) is 41.1 Å². The fourth-order valence-corrected chi connectivity index (χ4v) is 11.0. The number of H-pyrrole nitrogens is 2. The minimum absolute atomic E-state index is 0.000702. The number of nitrogens with one attached hydrogen (secondary N) is 2. The van der Waals surface area contributed by atoms with Crippen LogP contribution in [0, 0.1) is 33.6 Å². The van der Waals surface area contributed by atoms with Crippen molar-refractivity contribution < 1.29 is 50.6 Å². The van der Waals surface area contributed by atoms with Crippen molar-refractivity contribution in [1.82, 2.24) is 49.7 Å². The zero-order valence-corrected chi connectivity index (χ0v) is 46.9. The molecule has 82 heavy (non-hydrogen) atoms. The topological polar surface area (TPSA) is 261 Å². The number of piperidine rings is 2. The summed E-state index contributed by atoms with van der Waals surface area (Å²) in [5.74, 6) is -3.65. The van der Waals surface area contributed by atoms with Crippen molar-refractivity contribution in [3.63, 3.8) is 0 Å². The number of aromatic nitrogens is 8. The molecular weight excluding hydrogens is 1120 g/mol. The number of nitrogen functional groups attached to an aromatic ring is 2. The van der Waals surface area contributed by atoms with Gasteiger partial charge in [0, 0.05) is 95.5 Å². The summed E-state index contributed by atoms with van der Waals surface area (Å²) in [6.07, 6.45) is 4.68. The van der Waals surface area contributed by atoms with Crippen LogP contribution in [0.1, 0.15) is 103 Å². The van der Waals surface area contributed by atoms with Gasteiger partial charge in [0.2, 0.25) is 11.9 Å². The number of alkyl halides is 5. The normalized spacial score (nSPS) is 17.6. The first-order valence-electron chi connectivity index (χ1n) is 25.9. The molecule has 432 valence electrons. The SMILES string of the molecule is COc1c(C)cnc(CN2C(=O)/C(=C\c3cc(C(=O)CN4CCC(C(F)(F)F)CC4)c[nH]3)c3c(Cl)nc(N)nc32)c1C.COc1c(C)cnc(CN2C(=O)/C(=C\c3cc(C(=O)CN4CCC(F)(F)CC4)c[nH]3)c3c(Cl)nc(N)nc32)c1C. The molecule has 0 aromatic carbocycles. The van der Waals surface area contributed by atoms with Crippen molar-refractivity contribution in [2.45, 2.75) is 78.6 Å². The first-order chi connectivity index (χ1) is 38.8. The number of hydrogen-bond acceptors (Lipinski definition) is 16. The van der Waals surface area contributed by atoms with Gasteiger partial charge >= 0.3 is 6.18 Å². The highest BCUT2D eigenvalue weighted by Gasteiger charge is 2.42. The molecule has 0 spiro atoms. The summed E-state index contributed by atoms with van der Waals surface area (Å²) in [6, 6.07) is 3.18. The van der Waals surface area contributed by atoms with Crippen LogP contribution in [-0.4, -0.2) is 139 Å². The number of Topliss-reactive ketones (excluding diaryl/α,β-unsaturated/α-hetero) is 2. The molecule has 0 bridgehead atoms. The Bertz CT molecular complexity index is 3570. The first-order valence-corrected chi connectivity index (χ1v) is 26.6. The van der Waals surface area contributed by atoms with Gasteiger partial charge in [0.1, 0.15) is 21.8 Å². The number of hydrogen-bond donors (Lipinski definition) is 4. The number of ketones is 2. The Labute approximate surface area is 477 Å². The van der Waals surface area contributed by atoms with Gasteiger partial charge in [0.15, 0.2) is 23.2 Å². The molecule has 6 aromatic rings. The van der Waals surface area contributed by atoms with Crippen molar-refractivity contribution in [2.24, 2.45) is 5.92 Å². The highest BCUT2D eigenvalue weighted by atomic mass is 35.5. The summed E-state index contributed by atoms with van der Waals surface area (Å²) in [4.78, 5) is 91.1. The first kappa shape index (κ1) is 58.8. The Morgan fingerprint density at radius 2 is 1.10 bits per heavy atom. The van der Waals surface area contributed by atoms with E-state index in [0.29, 0.717) is 56.5 Å². The molecule has 2 amide bonds. The van der Waals surface area contributed by atoms with Gasteiger partial charge < -0.3 is 30.9 Å². The van der Waals surface area contributed by atoms with E-state index >= 15 is 0 Å². The standard InChI is InChI=1S/C28H29ClF3N7O3.C27H28ClF2N7O3/c1-14-10-35-20(15(2)23(14)42-3)12-39-25-22(24(29)36-27(33)37-25)19(26(39)41)9-18-8-16(11-34-18)21(40)13-38-6-4-17(5-7-38)28(30,31)32;1-14-10-33-19(15(2)22(14)40-3)12-37-24-21(23(28)34-26(31)35-24)18(25(37)39)9-17-8-16(11-32-17)20(38)13-36-6-4-27(29,30)5-7-36/h8-11,17,34H,4-7,12-13H2,1-3H3,(H2,33,36,37);8-11,32H,4-7,12-13H2,1-3H3,(H2,31,34,35)/b19-9-;18-9-. The van der Waals surface area contributed by atoms with E-state index in [1.807, 2.05) is 27.7 Å². The minimum atomic E-state index is -4.22. The Morgan fingerprint density at radius 3 is 1.49 bits per heavy atom. The third kappa shape index (κ3) is 12.3. The number of halogens is 7. The van der Waals surface area contributed by atoms with E-state index in [0.717, 1.165) is 22.3 Å². The molecule has 27 heteroatoms. The lowest BCUT2D eigenvalue weighted by molar-refractivity contribution is -0.184. The molecule has 0 atom stereocenters. The third-order valence-electron chi connectivity index (χ3n) is 14.9. The van der Waals surface area contributed by atoms with E-state index in [1.54, 1.807) is 60.7 Å². The number of methoxy groups -OCH3 is 2. The molecule has 4 aliphatic rings. The quantitative estimate of drug-likeness (QED) is 0.0344. The summed E-state index contributed by atoms with van der Waals surface area (Å²) in [5.41, 5.74) is 18.9. The fraction of sp³-hybridized carbons (Fsp3) is 0.382. The van der Waals surface area contributed by atoms with E-state index in [2.05, 4.69) is 39.9 Å². The molecule has 0 radical (unpaired) electrons. The number of nitrogens with two attached hydrogens (primary N) is 2. The predicted molar refractivity (Wildman–Crippen MR) is 298 cm³/mol. The van der Waals surface area contributed by atoms with Gasteiger partial charge in [-0.05, 0) is 77.9 Å². The molecule has 20 nitrogen and oxygen atoms in total. The van der Waals surface area contributed by atoms with Gasteiger partial charge in [-0.15, -0.1) is 0 Å². The van der Waals surface area contributed by atoms with Crippen molar-refractivity contribution in [3.05, 3.63) is 115 Å². The fourth-order valence-electron chi connectivity index (χ4n) is 10.4. The van der Waals surface area contributed by atoms with E-state index in [1.165, 1.54) is 22.2 Å². The smallest absolute Gasteiger partial charge is 0.391 e. The summed E-state index contributed by atoms with van der Waals surface area (Å²) in [5, 5.41) is 0.0106. The minimum Gasteiger partial charge on any atom is -0.496 e. The lowest BCUT2D eigenvalue weighted by Crippen LogP contribution is -2.41. The van der Waals surface area contributed by atoms with Crippen molar-refractivity contribution in [2.75, 3.05) is 74.8 Å². The highest BCUT2D eigenvalue weighted by molar-refractivity contribution is 6.42. The number of amides is 2. The second kappa shape index (κ2) is 23.5. The largest absolute Gasteiger partial charge is 0.496 e. The van der Waals surface area contributed by atoms with Crippen LogP contribution in [0.5, 0.6) is 11.5 Å². The number of carbonyl (C=O) groups is 4. The zero-order valence-electron chi connectivity index (χ0n) is 45.4. The Morgan fingerprint density at radius 1 is 0.695 bits per heavy atom. The number of pyridine rings is 2. The second-order valence-electron chi connectivity index (χ2n) is 20.4. The lowest BCUT2D eigenvalue weighted by atomic mass is 9.96. The van der Waals surface area contributed by atoms with Gasteiger partial charge in [-0.25, -0.2) is 18.7 Å². The van der Waals surface area contributed by atoms with E-state index in [4.69, 9.17) is 44.1 Å². The van der Waals surface area contributed by atoms with Crippen molar-refractivity contribution in [1.29, 1.82) is 0 Å². The number of carbonyl (C=O) groups excluding carboxylic acids is 4. The van der Waals surface area contributed by atoms with Crippen LogP contribution in [0.4, 0.5) is 45.5 Å². The summed E-state index contributed by atoms with van der Waals surface area (Å²) < 4.78 is 76.8. The maximum absolute atomic E-state index is 13.7. The number of nitrogens with zero attached hydrogens (tertiary/aromatic N) is 10. The maximum Gasteiger partial charge on any atom is 0.391 e. The molecule has 0 aliphatic carbocycles. The molecule has 6 aromatic heterocycles. The van der Waals surface area contributed by atoms with E-state index in [-0.39, 0.29) is 135 Å². The Kier molecular flexibility index (Phi) is 16.9. The van der Waals surface area contributed by atoms with Gasteiger partial charge in [-0.2, -0.15) is 23.1 Å². The van der Waals surface area contributed by atoms with Crippen LogP contribution in [-0.2, 0) is 22.7 Å². The average Bonchev–Trinajstić information content (AvgIpc) is 3.17. The second-order valence-corrected chi connectivity index (χ2v) is 21.1. The van der Waals surface area contributed by atoms with Crippen molar-refractivity contribution >= 4 is 93.4 Å². The summed E-state index contributed by atoms with van der Waals surface area (Å²) >= 11 is 12.9. The number of rotatable bonds is 14. The lowest BCUT2D eigenvalue weighted by Gasteiger charge is -2.32. The molecule has 4 aliphatic heterocycles. The van der Waals surface area contributed by atoms with E-state index < -0.39 is 29.8 Å². The molecule has 10 rings (SSSR count). The molecule has 2 saturated heterocycles. The van der Waals surface area contributed by atoms with Gasteiger partial charge in [-0.1, -0.05) is 23.2 Å². The monoisotopic (exact) mass is 1170 g/mol. The number of aromatic amines is 2. The number of anilines is 4. The molecule has 0 saturated carbocycles. The number of likely N-dealkylation sites (tertiary alicyclic amines) is 2. The molecule has 2 fully saturated rings. The number of aryl methyl sites for hydroxylation is 2. The van der Waals surface area contributed by atoms with Crippen LogP contribution >= 0.6 is 23.2 Å². The summed E-state index contributed by atoms with van der Waals surface area (Å²) in [6.45, 7) is 8.36. The van der Waals surface area contributed by atoms with Crippen LogP contribution in [0.25, 0.3) is 23.3 Å². The van der Waals surface area contributed by atoms with Gasteiger partial charge in [0.05, 0.1) is 80.0 Å². The number of ether oxygens (including phenoxy) is 2. The highest BCUT2D eigenvalue weighted by Crippen LogP contribution is 2.44. The van der Waals surface area contributed by atoms with Gasteiger partial charge in [-0.3, -0.25) is 48.7 Å². The van der Waals surface area contributed by atoms with Crippen LogP contribution < -0.4 is 30.7 Å². The van der Waals surface area contributed by atoms with Crippen LogP contribution in [0.3, 0.4) is 0 Å². The molecule has 10 heterocycles. The zero-order chi connectivity index (χ0) is 59.1. The average molecular weight is 1180 g/mol. The summed E-state index contributed by atoms with van der Waals surface area (Å²) in [7, 11) is 3.14. The number of fused-ring (bicyclic) bond motifs is 2.